The number of amides is 1. The number of benzene rings is 1. The number of hydrogen-bond acceptors (Lipinski definition) is 4. The third kappa shape index (κ3) is 2.99. The van der Waals surface area contributed by atoms with E-state index in [0.29, 0.717) is 24.3 Å². The maximum Gasteiger partial charge on any atom is 0.257 e. The van der Waals surface area contributed by atoms with E-state index in [2.05, 4.69) is 41.9 Å². The van der Waals surface area contributed by atoms with Crippen molar-refractivity contribution >= 4 is 17.3 Å². The molecule has 5 nitrogen and oxygen atoms in total. The van der Waals surface area contributed by atoms with Gasteiger partial charge >= 0.3 is 0 Å². The molecule has 0 unspecified atom stereocenters. The van der Waals surface area contributed by atoms with Gasteiger partial charge in [0.2, 0.25) is 0 Å². The fourth-order valence-electron chi connectivity index (χ4n) is 2.98. The smallest absolute Gasteiger partial charge is 0.257 e. The van der Waals surface area contributed by atoms with Crippen molar-refractivity contribution in [3.63, 3.8) is 0 Å². The Bertz CT molecular complexity index is 721. The zero-order valence-corrected chi connectivity index (χ0v) is 13.6. The van der Waals surface area contributed by atoms with Gasteiger partial charge in [-0.1, -0.05) is 12.1 Å². The first kappa shape index (κ1) is 15.3. The second-order valence-electron chi connectivity index (χ2n) is 5.96. The minimum atomic E-state index is -0.0313. The van der Waals surface area contributed by atoms with Gasteiger partial charge in [-0.2, -0.15) is 0 Å². The summed E-state index contributed by atoms with van der Waals surface area (Å²) in [5.41, 5.74) is 10.7. The van der Waals surface area contributed by atoms with Crippen molar-refractivity contribution in [2.45, 2.75) is 13.8 Å². The van der Waals surface area contributed by atoms with Gasteiger partial charge in [0.25, 0.3) is 5.91 Å². The Balaban J connectivity index is 1.70. The number of pyridine rings is 1. The first-order valence-electron chi connectivity index (χ1n) is 7.88. The van der Waals surface area contributed by atoms with Crippen LogP contribution in [0, 0.1) is 13.8 Å². The van der Waals surface area contributed by atoms with Crippen LogP contribution in [-0.2, 0) is 0 Å². The highest BCUT2D eigenvalue weighted by Crippen LogP contribution is 2.24. The minimum absolute atomic E-state index is 0.0313. The molecule has 3 rings (SSSR count). The molecule has 0 aliphatic carbocycles. The Hall–Kier alpha value is -2.56. The summed E-state index contributed by atoms with van der Waals surface area (Å²) in [5, 5.41) is 0. The summed E-state index contributed by atoms with van der Waals surface area (Å²) in [6.45, 7) is 7.33. The average Bonchev–Trinajstić information content (AvgIpc) is 2.57. The van der Waals surface area contributed by atoms with E-state index in [1.165, 1.54) is 16.8 Å². The van der Waals surface area contributed by atoms with Gasteiger partial charge in [0.1, 0.15) is 0 Å². The fraction of sp³-hybridized carbons (Fsp3) is 0.333. The number of nitrogens with zero attached hydrogens (tertiary/aromatic N) is 3. The summed E-state index contributed by atoms with van der Waals surface area (Å²) in [4.78, 5) is 20.8. The van der Waals surface area contributed by atoms with E-state index in [0.717, 1.165) is 13.1 Å². The molecule has 23 heavy (non-hydrogen) atoms. The van der Waals surface area contributed by atoms with Crippen molar-refractivity contribution in [3.05, 3.63) is 53.3 Å². The topological polar surface area (TPSA) is 62.5 Å². The first-order chi connectivity index (χ1) is 11.1. The lowest BCUT2D eigenvalue weighted by atomic mass is 10.1. The van der Waals surface area contributed by atoms with E-state index in [1.807, 2.05) is 4.90 Å². The number of carbonyl (C=O) groups is 1. The van der Waals surface area contributed by atoms with Crippen LogP contribution in [0.4, 0.5) is 11.4 Å². The summed E-state index contributed by atoms with van der Waals surface area (Å²) in [6, 6.07) is 8.04. The van der Waals surface area contributed by atoms with E-state index in [-0.39, 0.29) is 5.91 Å². The molecule has 0 spiro atoms. The lowest BCUT2D eigenvalue weighted by Crippen LogP contribution is -2.49. The lowest BCUT2D eigenvalue weighted by Gasteiger charge is -2.37. The summed E-state index contributed by atoms with van der Waals surface area (Å²) in [6.07, 6.45) is 3.15. The summed E-state index contributed by atoms with van der Waals surface area (Å²) in [5.74, 6) is -0.0313. The molecule has 1 fully saturated rings. The van der Waals surface area contributed by atoms with Crippen LogP contribution < -0.4 is 10.6 Å². The largest absolute Gasteiger partial charge is 0.398 e. The second kappa shape index (κ2) is 6.28. The Morgan fingerprint density at radius 1 is 1.13 bits per heavy atom. The Labute approximate surface area is 136 Å². The fourth-order valence-corrected chi connectivity index (χ4v) is 2.98. The Morgan fingerprint density at radius 3 is 2.57 bits per heavy atom. The van der Waals surface area contributed by atoms with Crippen LogP contribution in [0.5, 0.6) is 0 Å². The van der Waals surface area contributed by atoms with Gasteiger partial charge in [0.15, 0.2) is 0 Å². The number of aromatic nitrogens is 1. The predicted octanol–water partition coefficient (Wildman–Crippen LogP) is 2.24. The van der Waals surface area contributed by atoms with Crippen LogP contribution in [0.25, 0.3) is 0 Å². The third-order valence-electron chi connectivity index (χ3n) is 4.57. The minimum Gasteiger partial charge on any atom is -0.398 e. The molecule has 1 aromatic carbocycles. The van der Waals surface area contributed by atoms with Gasteiger partial charge in [-0.05, 0) is 37.1 Å². The van der Waals surface area contributed by atoms with Crippen LogP contribution in [0.3, 0.4) is 0 Å². The molecular weight excluding hydrogens is 288 g/mol. The molecule has 5 heteroatoms. The van der Waals surface area contributed by atoms with E-state index in [1.54, 1.807) is 18.5 Å². The summed E-state index contributed by atoms with van der Waals surface area (Å²) < 4.78 is 0. The molecule has 0 bridgehead atoms. The molecule has 2 N–H and O–H groups in total. The van der Waals surface area contributed by atoms with E-state index in [9.17, 15) is 4.79 Å². The third-order valence-corrected chi connectivity index (χ3v) is 4.57. The van der Waals surface area contributed by atoms with Crippen LogP contribution in [0.15, 0.2) is 36.7 Å². The van der Waals surface area contributed by atoms with Gasteiger partial charge < -0.3 is 15.5 Å². The zero-order chi connectivity index (χ0) is 16.4. The molecule has 0 saturated carbocycles. The molecule has 0 radical (unpaired) electrons. The molecule has 1 aliphatic rings. The second-order valence-corrected chi connectivity index (χ2v) is 5.96. The van der Waals surface area contributed by atoms with Crippen molar-refractivity contribution in [2.75, 3.05) is 36.8 Å². The first-order valence-corrected chi connectivity index (χ1v) is 7.88. The maximum absolute atomic E-state index is 12.6. The van der Waals surface area contributed by atoms with Gasteiger partial charge in [0, 0.05) is 49.9 Å². The van der Waals surface area contributed by atoms with Crippen molar-refractivity contribution in [3.8, 4) is 0 Å². The van der Waals surface area contributed by atoms with E-state index < -0.39 is 0 Å². The van der Waals surface area contributed by atoms with Crippen molar-refractivity contribution in [2.24, 2.45) is 0 Å². The number of carbonyl (C=O) groups excluding carboxylic acids is 1. The number of anilines is 2. The SMILES string of the molecule is Cc1cccc(N2CCN(C(=O)c3cnccc3N)CC2)c1C. The average molecular weight is 310 g/mol. The van der Waals surface area contributed by atoms with Crippen molar-refractivity contribution in [1.29, 1.82) is 0 Å². The summed E-state index contributed by atoms with van der Waals surface area (Å²) in [7, 11) is 0. The molecule has 0 atom stereocenters. The molecule has 1 aromatic heterocycles. The lowest BCUT2D eigenvalue weighted by molar-refractivity contribution is 0.0747. The highest BCUT2D eigenvalue weighted by molar-refractivity contribution is 5.98. The molecule has 1 aliphatic heterocycles. The molecule has 2 aromatic rings. The van der Waals surface area contributed by atoms with Gasteiger partial charge in [-0.25, -0.2) is 0 Å². The molecule has 1 amide bonds. The highest BCUT2D eigenvalue weighted by atomic mass is 16.2. The maximum atomic E-state index is 12.6. The van der Waals surface area contributed by atoms with Crippen molar-refractivity contribution in [1.82, 2.24) is 9.88 Å². The van der Waals surface area contributed by atoms with Crippen LogP contribution >= 0.6 is 0 Å². The predicted molar refractivity (Wildman–Crippen MR) is 92.7 cm³/mol. The standard InChI is InChI=1S/C18H22N4O/c1-13-4-3-5-17(14(13)2)21-8-10-22(11-9-21)18(23)15-12-20-7-6-16(15)19/h3-7,12H,8-11H2,1-2H3,(H2,19,20). The molecule has 1 saturated heterocycles. The molecule has 120 valence electrons. The van der Waals surface area contributed by atoms with Crippen molar-refractivity contribution < 1.29 is 4.79 Å². The van der Waals surface area contributed by atoms with Gasteiger partial charge in [-0.15, -0.1) is 0 Å². The molecule has 2 heterocycles. The Kier molecular flexibility index (Phi) is 4.19. The number of aryl methyl sites for hydroxylation is 1. The number of rotatable bonds is 2. The molecular formula is C18H22N4O. The van der Waals surface area contributed by atoms with E-state index in [4.69, 9.17) is 5.73 Å². The quantitative estimate of drug-likeness (QED) is 0.924. The number of piperazine rings is 1. The Morgan fingerprint density at radius 2 is 1.87 bits per heavy atom. The summed E-state index contributed by atoms with van der Waals surface area (Å²) >= 11 is 0. The number of nitrogens with two attached hydrogens (primary N) is 1. The monoisotopic (exact) mass is 310 g/mol. The van der Waals surface area contributed by atoms with Crippen LogP contribution in [0.1, 0.15) is 21.5 Å². The van der Waals surface area contributed by atoms with E-state index >= 15 is 0 Å². The normalized spacial score (nSPS) is 14.9. The van der Waals surface area contributed by atoms with Gasteiger partial charge in [-0.3, -0.25) is 9.78 Å². The number of nitrogen functional groups attached to an aromatic ring is 1. The highest BCUT2D eigenvalue weighted by Gasteiger charge is 2.24. The van der Waals surface area contributed by atoms with Gasteiger partial charge in [0.05, 0.1) is 5.56 Å². The zero-order valence-electron chi connectivity index (χ0n) is 13.6. The van der Waals surface area contributed by atoms with Crippen LogP contribution in [0.2, 0.25) is 0 Å². The van der Waals surface area contributed by atoms with Crippen LogP contribution in [-0.4, -0.2) is 42.0 Å². The number of hydrogen-bond donors (Lipinski definition) is 1.